The molecular weight excluding hydrogens is 220 g/mol. The van der Waals surface area contributed by atoms with E-state index in [0.29, 0.717) is 6.04 Å². The minimum Gasteiger partial charge on any atom is -0.317 e. The Labute approximate surface area is 112 Å². The molecule has 0 aromatic carbocycles. The van der Waals surface area contributed by atoms with Gasteiger partial charge in [-0.15, -0.1) is 0 Å². The second-order valence-electron chi connectivity index (χ2n) is 5.43. The summed E-state index contributed by atoms with van der Waals surface area (Å²) < 4.78 is 0. The highest BCUT2D eigenvalue weighted by Gasteiger charge is 2.36. The Kier molecular flexibility index (Phi) is 5.83. The lowest BCUT2D eigenvalue weighted by Gasteiger charge is -2.47. The van der Waals surface area contributed by atoms with Crippen LogP contribution in [0.15, 0.2) is 37.0 Å². The summed E-state index contributed by atoms with van der Waals surface area (Å²) in [6, 6.07) is 0.654. The minimum atomic E-state index is 0.287. The number of piperidine rings is 1. The van der Waals surface area contributed by atoms with Crippen LogP contribution in [0.4, 0.5) is 0 Å². The van der Waals surface area contributed by atoms with Crippen molar-refractivity contribution in [3.05, 3.63) is 37.0 Å². The first-order chi connectivity index (χ1) is 8.59. The molecule has 1 heterocycles. The molecule has 2 nitrogen and oxygen atoms in total. The van der Waals surface area contributed by atoms with E-state index in [4.69, 9.17) is 0 Å². The van der Waals surface area contributed by atoms with E-state index in [1.165, 1.54) is 24.8 Å². The third kappa shape index (κ3) is 3.56. The third-order valence-corrected chi connectivity index (χ3v) is 4.33. The van der Waals surface area contributed by atoms with Crippen LogP contribution in [0.5, 0.6) is 0 Å². The first kappa shape index (κ1) is 15.2. The summed E-state index contributed by atoms with van der Waals surface area (Å²) in [6.07, 6.45) is 9.49. The van der Waals surface area contributed by atoms with E-state index in [2.05, 4.69) is 50.3 Å². The molecule has 1 saturated heterocycles. The molecule has 1 aliphatic heterocycles. The van der Waals surface area contributed by atoms with Gasteiger partial charge in [-0.3, -0.25) is 4.90 Å². The lowest BCUT2D eigenvalue weighted by molar-refractivity contribution is 0.0519. The zero-order chi connectivity index (χ0) is 13.6. The van der Waals surface area contributed by atoms with Gasteiger partial charge in [-0.05, 0) is 38.8 Å². The van der Waals surface area contributed by atoms with Crippen LogP contribution in [0, 0.1) is 0 Å². The van der Waals surface area contributed by atoms with E-state index >= 15 is 0 Å². The molecular formula is C16H28N2. The lowest BCUT2D eigenvalue weighted by atomic mass is 9.83. The molecule has 0 saturated carbocycles. The van der Waals surface area contributed by atoms with Gasteiger partial charge in [-0.1, -0.05) is 38.3 Å². The molecule has 0 amide bonds. The quantitative estimate of drug-likeness (QED) is 0.727. The topological polar surface area (TPSA) is 15.3 Å². The molecule has 18 heavy (non-hydrogen) atoms. The Hall–Kier alpha value is -0.860. The Bertz CT molecular complexity index is 319. The van der Waals surface area contributed by atoms with Crippen LogP contribution in [0.2, 0.25) is 0 Å². The zero-order valence-corrected chi connectivity index (χ0v) is 12.2. The van der Waals surface area contributed by atoms with Crippen LogP contribution >= 0.6 is 0 Å². The van der Waals surface area contributed by atoms with Crippen molar-refractivity contribution in [3.63, 3.8) is 0 Å². The molecule has 2 unspecified atom stereocenters. The van der Waals surface area contributed by atoms with Crippen LogP contribution in [-0.2, 0) is 0 Å². The highest BCUT2D eigenvalue weighted by Crippen LogP contribution is 2.31. The van der Waals surface area contributed by atoms with Gasteiger partial charge in [-0.2, -0.15) is 0 Å². The average Bonchev–Trinajstić information content (AvgIpc) is 2.40. The Morgan fingerprint density at radius 3 is 2.72 bits per heavy atom. The third-order valence-electron chi connectivity index (χ3n) is 4.33. The average molecular weight is 248 g/mol. The molecule has 2 heteroatoms. The number of allylic oxidation sites excluding steroid dienone is 2. The molecule has 0 aliphatic carbocycles. The first-order valence-corrected chi connectivity index (χ1v) is 6.96. The predicted octanol–water partition coefficient (Wildman–Crippen LogP) is 3.14. The van der Waals surface area contributed by atoms with Crippen molar-refractivity contribution >= 4 is 0 Å². The highest BCUT2D eigenvalue weighted by molar-refractivity contribution is 5.23. The van der Waals surface area contributed by atoms with Crippen LogP contribution in [-0.4, -0.2) is 36.6 Å². The summed E-state index contributed by atoms with van der Waals surface area (Å²) in [5, 5.41) is 3.43. The smallest absolute Gasteiger partial charge is 0.0238 e. The van der Waals surface area contributed by atoms with E-state index < -0.39 is 0 Å². The van der Waals surface area contributed by atoms with E-state index in [1.807, 2.05) is 12.2 Å². The largest absolute Gasteiger partial charge is 0.317 e. The van der Waals surface area contributed by atoms with Crippen LogP contribution < -0.4 is 5.32 Å². The number of hydrogen-bond donors (Lipinski definition) is 1. The molecule has 0 bridgehead atoms. The van der Waals surface area contributed by atoms with Gasteiger partial charge in [0.25, 0.3) is 0 Å². The molecule has 1 fully saturated rings. The molecule has 0 aromatic heterocycles. The Morgan fingerprint density at radius 1 is 1.50 bits per heavy atom. The molecule has 2 atom stereocenters. The van der Waals surface area contributed by atoms with Gasteiger partial charge in [0.05, 0.1) is 0 Å². The standard InChI is InChI=1S/C16H28N2/c1-6-9-14(7-2)13-18-11-10-15(17-5)12-16(18,4)8-3/h6-7,9,15,17H,1-2,8,10-13H2,3-5H3/b14-9+. The maximum absolute atomic E-state index is 3.89. The van der Waals surface area contributed by atoms with Crippen molar-refractivity contribution < 1.29 is 0 Å². The minimum absolute atomic E-state index is 0.287. The molecule has 1 rings (SSSR count). The maximum atomic E-state index is 3.89. The Morgan fingerprint density at radius 2 is 2.22 bits per heavy atom. The second kappa shape index (κ2) is 6.91. The van der Waals surface area contributed by atoms with Gasteiger partial charge < -0.3 is 5.32 Å². The normalized spacial score (nSPS) is 30.2. The lowest BCUT2D eigenvalue weighted by Crippen LogP contribution is -2.55. The fourth-order valence-electron chi connectivity index (χ4n) is 2.78. The van der Waals surface area contributed by atoms with Gasteiger partial charge in [-0.25, -0.2) is 0 Å². The van der Waals surface area contributed by atoms with Crippen molar-refractivity contribution in [1.29, 1.82) is 0 Å². The van der Waals surface area contributed by atoms with Gasteiger partial charge in [0.1, 0.15) is 0 Å². The summed E-state index contributed by atoms with van der Waals surface area (Å²) in [5.41, 5.74) is 1.54. The summed E-state index contributed by atoms with van der Waals surface area (Å²) in [4.78, 5) is 2.60. The van der Waals surface area contributed by atoms with Crippen LogP contribution in [0.3, 0.4) is 0 Å². The Balaban J connectivity index is 2.78. The molecule has 1 N–H and O–H groups in total. The van der Waals surface area contributed by atoms with E-state index in [1.54, 1.807) is 0 Å². The molecule has 0 spiro atoms. The summed E-state index contributed by atoms with van der Waals surface area (Å²) in [7, 11) is 2.07. The van der Waals surface area contributed by atoms with Crippen molar-refractivity contribution in [3.8, 4) is 0 Å². The first-order valence-electron chi connectivity index (χ1n) is 6.96. The van der Waals surface area contributed by atoms with E-state index in [9.17, 15) is 0 Å². The number of nitrogens with one attached hydrogen (secondary N) is 1. The summed E-state index contributed by atoms with van der Waals surface area (Å²) in [5.74, 6) is 0. The van der Waals surface area contributed by atoms with Crippen molar-refractivity contribution in [2.45, 2.75) is 44.7 Å². The zero-order valence-electron chi connectivity index (χ0n) is 12.2. The summed E-state index contributed by atoms with van der Waals surface area (Å²) in [6.45, 7) is 14.5. The second-order valence-corrected chi connectivity index (χ2v) is 5.43. The van der Waals surface area contributed by atoms with Gasteiger partial charge in [0, 0.05) is 24.7 Å². The van der Waals surface area contributed by atoms with Crippen molar-refractivity contribution in [1.82, 2.24) is 10.2 Å². The number of likely N-dealkylation sites (tertiary alicyclic amines) is 1. The van der Waals surface area contributed by atoms with E-state index in [0.717, 1.165) is 13.1 Å². The van der Waals surface area contributed by atoms with Crippen molar-refractivity contribution in [2.24, 2.45) is 0 Å². The van der Waals surface area contributed by atoms with Gasteiger partial charge in [0.15, 0.2) is 0 Å². The van der Waals surface area contributed by atoms with E-state index in [-0.39, 0.29) is 5.54 Å². The van der Waals surface area contributed by atoms with Gasteiger partial charge in [0.2, 0.25) is 0 Å². The summed E-state index contributed by atoms with van der Waals surface area (Å²) >= 11 is 0. The molecule has 0 aromatic rings. The SMILES string of the molecule is C=C/C=C(\C=C)CN1CCC(NC)CC1(C)CC. The number of nitrogens with zero attached hydrogens (tertiary/aromatic N) is 1. The molecule has 0 radical (unpaired) electrons. The molecule has 1 aliphatic rings. The molecule has 102 valence electrons. The van der Waals surface area contributed by atoms with Crippen molar-refractivity contribution in [2.75, 3.05) is 20.1 Å². The predicted molar refractivity (Wildman–Crippen MR) is 80.8 cm³/mol. The number of hydrogen-bond acceptors (Lipinski definition) is 2. The highest BCUT2D eigenvalue weighted by atomic mass is 15.2. The fourth-order valence-corrected chi connectivity index (χ4v) is 2.78. The van der Waals surface area contributed by atoms with Gasteiger partial charge >= 0.3 is 0 Å². The monoisotopic (exact) mass is 248 g/mol. The van der Waals surface area contributed by atoms with Crippen LogP contribution in [0.1, 0.15) is 33.1 Å². The van der Waals surface area contributed by atoms with Crippen LogP contribution in [0.25, 0.3) is 0 Å². The fraction of sp³-hybridized carbons (Fsp3) is 0.625. The maximum Gasteiger partial charge on any atom is 0.0238 e. The number of rotatable bonds is 6.